The number of anilines is 1. The number of halogens is 3. The van der Waals surface area contributed by atoms with Crippen molar-refractivity contribution in [3.63, 3.8) is 0 Å². The van der Waals surface area contributed by atoms with Crippen LogP contribution < -0.4 is 9.64 Å². The second-order valence-electron chi connectivity index (χ2n) is 7.21. The summed E-state index contributed by atoms with van der Waals surface area (Å²) in [5, 5.41) is 7.12. The highest BCUT2D eigenvalue weighted by molar-refractivity contribution is 5.97. The zero-order valence-corrected chi connectivity index (χ0v) is 18.2. The fourth-order valence-electron chi connectivity index (χ4n) is 3.09. The summed E-state index contributed by atoms with van der Waals surface area (Å²) in [7, 11) is 1.60. The Labute approximate surface area is 183 Å². The van der Waals surface area contributed by atoms with Crippen LogP contribution in [0.25, 0.3) is 0 Å². The SMILES string of the molecule is COc1cc(C)ccc1C(=O)N1CCN(c2nc(C)cnc2C)CC1.O=C(O)C(F)(F)F. The number of aliphatic carboxylic acids is 1. The molecular weight excluding hydrogens is 429 g/mol. The van der Waals surface area contributed by atoms with Crippen LogP contribution in [0.3, 0.4) is 0 Å². The molecule has 1 amide bonds. The van der Waals surface area contributed by atoms with E-state index in [0.717, 1.165) is 35.9 Å². The summed E-state index contributed by atoms with van der Waals surface area (Å²) in [4.78, 5) is 34.8. The zero-order chi connectivity index (χ0) is 24.1. The molecule has 1 aromatic heterocycles. The summed E-state index contributed by atoms with van der Waals surface area (Å²) < 4.78 is 37.1. The number of carbonyl (C=O) groups excluding carboxylic acids is 1. The second kappa shape index (κ2) is 10.3. The Balaban J connectivity index is 0.000000451. The molecule has 1 fully saturated rings. The van der Waals surface area contributed by atoms with Gasteiger partial charge in [0, 0.05) is 32.4 Å². The highest BCUT2D eigenvalue weighted by Gasteiger charge is 2.38. The van der Waals surface area contributed by atoms with Crippen LogP contribution in [0, 0.1) is 20.8 Å². The molecule has 1 N–H and O–H groups in total. The molecule has 0 aliphatic carbocycles. The normalized spacial score (nSPS) is 13.8. The molecule has 0 radical (unpaired) electrons. The molecule has 2 aromatic rings. The third kappa shape index (κ3) is 6.32. The van der Waals surface area contributed by atoms with Gasteiger partial charge in [-0.3, -0.25) is 9.78 Å². The first kappa shape index (κ1) is 24.9. The summed E-state index contributed by atoms with van der Waals surface area (Å²) in [6, 6.07) is 5.69. The van der Waals surface area contributed by atoms with Crippen molar-refractivity contribution >= 4 is 17.7 Å². The molecule has 1 aromatic carbocycles. The minimum atomic E-state index is -5.08. The summed E-state index contributed by atoms with van der Waals surface area (Å²) in [6.07, 6.45) is -3.30. The first-order valence-corrected chi connectivity index (χ1v) is 9.73. The number of carboxylic acids is 1. The van der Waals surface area contributed by atoms with Crippen molar-refractivity contribution < 1.29 is 32.6 Å². The van der Waals surface area contributed by atoms with Crippen molar-refractivity contribution in [2.75, 3.05) is 38.2 Å². The first-order valence-electron chi connectivity index (χ1n) is 9.73. The van der Waals surface area contributed by atoms with Crippen LogP contribution in [-0.2, 0) is 4.79 Å². The maximum Gasteiger partial charge on any atom is 0.490 e. The van der Waals surface area contributed by atoms with E-state index >= 15 is 0 Å². The molecule has 0 unspecified atom stereocenters. The van der Waals surface area contributed by atoms with Gasteiger partial charge in [-0.2, -0.15) is 13.2 Å². The molecule has 174 valence electrons. The molecular formula is C21H25F3N4O4. The van der Waals surface area contributed by atoms with Crippen LogP contribution in [0.4, 0.5) is 19.0 Å². The molecule has 0 spiro atoms. The van der Waals surface area contributed by atoms with Crippen molar-refractivity contribution in [1.29, 1.82) is 0 Å². The van der Waals surface area contributed by atoms with Crippen molar-refractivity contribution in [3.8, 4) is 5.75 Å². The number of hydrogen-bond donors (Lipinski definition) is 1. The van der Waals surface area contributed by atoms with Crippen molar-refractivity contribution in [2.24, 2.45) is 0 Å². The molecule has 3 rings (SSSR count). The Morgan fingerprint density at radius 3 is 2.22 bits per heavy atom. The number of benzene rings is 1. The van der Waals surface area contributed by atoms with E-state index in [0.29, 0.717) is 24.4 Å². The van der Waals surface area contributed by atoms with Gasteiger partial charge in [-0.25, -0.2) is 9.78 Å². The van der Waals surface area contributed by atoms with Gasteiger partial charge in [0.15, 0.2) is 0 Å². The van der Waals surface area contributed by atoms with E-state index in [1.165, 1.54) is 0 Å². The number of aryl methyl sites for hydroxylation is 3. The lowest BCUT2D eigenvalue weighted by atomic mass is 10.1. The number of ether oxygens (including phenoxy) is 1. The van der Waals surface area contributed by atoms with Gasteiger partial charge in [0.05, 0.1) is 24.1 Å². The van der Waals surface area contributed by atoms with Gasteiger partial charge < -0.3 is 19.6 Å². The van der Waals surface area contributed by atoms with Crippen LogP contribution in [0.2, 0.25) is 0 Å². The quantitative estimate of drug-likeness (QED) is 0.762. The molecule has 8 nitrogen and oxygen atoms in total. The lowest BCUT2D eigenvalue weighted by molar-refractivity contribution is -0.192. The van der Waals surface area contributed by atoms with Gasteiger partial charge in [-0.15, -0.1) is 0 Å². The molecule has 0 bridgehead atoms. The number of carboxylic acid groups (broad SMARTS) is 1. The number of alkyl halides is 3. The lowest BCUT2D eigenvalue weighted by Crippen LogP contribution is -2.49. The Kier molecular flexibility index (Phi) is 8.01. The van der Waals surface area contributed by atoms with Crippen molar-refractivity contribution in [2.45, 2.75) is 26.9 Å². The number of methoxy groups -OCH3 is 1. The van der Waals surface area contributed by atoms with Crippen molar-refractivity contribution in [1.82, 2.24) is 14.9 Å². The maximum atomic E-state index is 12.9. The first-order chi connectivity index (χ1) is 14.9. The Hall–Kier alpha value is -3.37. The topological polar surface area (TPSA) is 95.9 Å². The van der Waals surface area contributed by atoms with Crippen LogP contribution in [-0.4, -0.2) is 71.3 Å². The number of aromatic nitrogens is 2. The standard InChI is InChI=1S/C19H24N4O2.C2HF3O2/c1-13-5-6-16(17(11-13)25-4)19(24)23-9-7-22(8-10-23)18-15(3)20-12-14(2)21-18;3-2(4,5)1(6)7/h5-6,11-12H,7-10H2,1-4H3;(H,6,7). The minimum absolute atomic E-state index is 0.0172. The van der Waals surface area contributed by atoms with Crippen molar-refractivity contribution in [3.05, 3.63) is 46.9 Å². The van der Waals surface area contributed by atoms with Gasteiger partial charge in [-0.1, -0.05) is 6.07 Å². The van der Waals surface area contributed by atoms with E-state index in [1.807, 2.05) is 43.9 Å². The highest BCUT2D eigenvalue weighted by atomic mass is 19.4. The van der Waals surface area contributed by atoms with Crippen LogP contribution in [0.15, 0.2) is 24.4 Å². The van der Waals surface area contributed by atoms with Gasteiger partial charge in [0.25, 0.3) is 5.91 Å². The van der Waals surface area contributed by atoms with Crippen LogP contribution in [0.5, 0.6) is 5.75 Å². The number of carbonyl (C=O) groups is 2. The lowest BCUT2D eigenvalue weighted by Gasteiger charge is -2.36. The Bertz CT molecular complexity index is 974. The number of piperazine rings is 1. The number of hydrogen-bond acceptors (Lipinski definition) is 6. The molecule has 2 heterocycles. The number of amides is 1. The summed E-state index contributed by atoms with van der Waals surface area (Å²) >= 11 is 0. The zero-order valence-electron chi connectivity index (χ0n) is 18.2. The van der Waals surface area contributed by atoms with Gasteiger partial charge in [0.2, 0.25) is 0 Å². The van der Waals surface area contributed by atoms with E-state index in [-0.39, 0.29) is 5.91 Å². The molecule has 11 heteroatoms. The van der Waals surface area contributed by atoms with E-state index in [9.17, 15) is 18.0 Å². The van der Waals surface area contributed by atoms with E-state index in [2.05, 4.69) is 14.9 Å². The number of rotatable bonds is 3. The van der Waals surface area contributed by atoms with Crippen LogP contribution >= 0.6 is 0 Å². The molecule has 32 heavy (non-hydrogen) atoms. The molecule has 1 aliphatic heterocycles. The summed E-state index contributed by atoms with van der Waals surface area (Å²) in [5.41, 5.74) is 3.52. The average molecular weight is 454 g/mol. The fraction of sp³-hybridized carbons (Fsp3) is 0.429. The molecule has 1 aliphatic rings. The van der Waals surface area contributed by atoms with E-state index < -0.39 is 12.1 Å². The third-order valence-corrected chi connectivity index (χ3v) is 4.75. The minimum Gasteiger partial charge on any atom is -0.496 e. The Morgan fingerprint density at radius 1 is 1.09 bits per heavy atom. The van der Waals surface area contributed by atoms with Gasteiger partial charge in [0.1, 0.15) is 11.6 Å². The Morgan fingerprint density at radius 2 is 1.69 bits per heavy atom. The van der Waals surface area contributed by atoms with E-state index in [4.69, 9.17) is 14.6 Å². The summed E-state index contributed by atoms with van der Waals surface area (Å²) in [6.45, 7) is 8.71. The average Bonchev–Trinajstić information content (AvgIpc) is 2.74. The predicted octanol–water partition coefficient (Wildman–Crippen LogP) is 3.01. The molecule has 1 saturated heterocycles. The van der Waals surface area contributed by atoms with Gasteiger partial charge >= 0.3 is 12.1 Å². The monoisotopic (exact) mass is 454 g/mol. The van der Waals surface area contributed by atoms with Gasteiger partial charge in [-0.05, 0) is 38.5 Å². The van der Waals surface area contributed by atoms with Crippen LogP contribution in [0.1, 0.15) is 27.3 Å². The highest BCUT2D eigenvalue weighted by Crippen LogP contribution is 2.23. The second-order valence-corrected chi connectivity index (χ2v) is 7.21. The summed E-state index contributed by atoms with van der Waals surface area (Å²) in [5.74, 6) is -1.19. The maximum absolute atomic E-state index is 12.9. The third-order valence-electron chi connectivity index (χ3n) is 4.75. The van der Waals surface area contributed by atoms with E-state index in [1.54, 1.807) is 13.3 Å². The molecule has 0 atom stereocenters. The smallest absolute Gasteiger partial charge is 0.490 e. The molecule has 0 saturated carbocycles. The predicted molar refractivity (Wildman–Crippen MR) is 111 cm³/mol. The number of nitrogens with zero attached hydrogens (tertiary/aromatic N) is 4. The largest absolute Gasteiger partial charge is 0.496 e. The fourth-order valence-corrected chi connectivity index (χ4v) is 3.09.